The van der Waals surface area contributed by atoms with Gasteiger partial charge in [0.25, 0.3) is 0 Å². The maximum atomic E-state index is 12.1. The first-order chi connectivity index (χ1) is 8.43. The number of rotatable bonds is 6. The lowest BCUT2D eigenvalue weighted by Crippen LogP contribution is -2.55. The van der Waals surface area contributed by atoms with Gasteiger partial charge >= 0.3 is 0 Å². The Kier molecular flexibility index (Phi) is 6.09. The average Bonchev–Trinajstić information content (AvgIpc) is 2.27. The third-order valence-electron chi connectivity index (χ3n) is 3.39. The van der Waals surface area contributed by atoms with E-state index in [1.165, 1.54) is 0 Å². The second-order valence-electron chi connectivity index (χ2n) is 6.24. The van der Waals surface area contributed by atoms with Crippen LogP contribution in [0.15, 0.2) is 0 Å². The summed E-state index contributed by atoms with van der Waals surface area (Å²) in [6, 6.07) is -0.0728. The van der Waals surface area contributed by atoms with Gasteiger partial charge in [0.2, 0.25) is 5.91 Å². The van der Waals surface area contributed by atoms with E-state index in [4.69, 9.17) is 4.74 Å². The molecule has 1 aliphatic heterocycles. The van der Waals surface area contributed by atoms with Gasteiger partial charge in [-0.25, -0.2) is 0 Å². The molecular formula is C14H28N2O2. The molecule has 4 nitrogen and oxygen atoms in total. The number of piperidine rings is 1. The minimum Gasteiger partial charge on any atom is -0.379 e. The van der Waals surface area contributed by atoms with Crippen LogP contribution in [0.4, 0.5) is 0 Å². The molecule has 0 aromatic heterocycles. The fourth-order valence-electron chi connectivity index (χ4n) is 2.33. The Morgan fingerprint density at radius 3 is 2.83 bits per heavy atom. The van der Waals surface area contributed by atoms with Crippen LogP contribution < -0.4 is 10.6 Å². The second-order valence-corrected chi connectivity index (χ2v) is 6.24. The monoisotopic (exact) mass is 256 g/mol. The van der Waals surface area contributed by atoms with E-state index in [0.29, 0.717) is 19.1 Å². The van der Waals surface area contributed by atoms with Crippen LogP contribution in [0.3, 0.4) is 0 Å². The molecule has 0 saturated carbocycles. The molecule has 2 N–H and O–H groups in total. The molecule has 0 bridgehead atoms. The van der Waals surface area contributed by atoms with Gasteiger partial charge in [0.15, 0.2) is 0 Å². The molecule has 106 valence electrons. The van der Waals surface area contributed by atoms with Crippen LogP contribution >= 0.6 is 0 Å². The predicted octanol–water partition coefficient (Wildman–Crippen LogP) is 1.55. The van der Waals surface area contributed by atoms with Gasteiger partial charge in [-0.15, -0.1) is 0 Å². The summed E-state index contributed by atoms with van der Waals surface area (Å²) in [5.74, 6) is 0.646. The molecule has 0 aliphatic carbocycles. The van der Waals surface area contributed by atoms with Gasteiger partial charge in [-0.05, 0) is 30.7 Å². The largest absolute Gasteiger partial charge is 0.379 e. The zero-order chi connectivity index (χ0) is 13.6. The Morgan fingerprint density at radius 2 is 2.22 bits per heavy atom. The summed E-state index contributed by atoms with van der Waals surface area (Å²) in [5, 5.41) is 6.27. The number of carbonyl (C=O) groups excluding carboxylic acids is 1. The summed E-state index contributed by atoms with van der Waals surface area (Å²) in [6.07, 6.45) is 2.25. The number of nitrogens with one attached hydrogen (secondary N) is 2. The molecule has 1 saturated heterocycles. The molecule has 4 heteroatoms. The SMILES string of the molecule is CC(C)COCCNC(=O)C1NCCCC1(C)C. The molecule has 1 heterocycles. The molecule has 1 rings (SSSR count). The van der Waals surface area contributed by atoms with Crippen LogP contribution in [0.2, 0.25) is 0 Å². The highest BCUT2D eigenvalue weighted by atomic mass is 16.5. The van der Waals surface area contributed by atoms with Crippen molar-refractivity contribution in [3.8, 4) is 0 Å². The minimum atomic E-state index is -0.0728. The van der Waals surface area contributed by atoms with E-state index in [9.17, 15) is 4.79 Å². The van der Waals surface area contributed by atoms with Crippen molar-refractivity contribution >= 4 is 5.91 Å². The molecule has 0 radical (unpaired) electrons. The highest BCUT2D eigenvalue weighted by molar-refractivity contribution is 5.82. The Balaban J connectivity index is 2.23. The van der Waals surface area contributed by atoms with Crippen molar-refractivity contribution in [1.29, 1.82) is 0 Å². The van der Waals surface area contributed by atoms with E-state index in [1.54, 1.807) is 0 Å². The number of hydrogen-bond donors (Lipinski definition) is 2. The summed E-state index contributed by atoms with van der Waals surface area (Å²) in [4.78, 5) is 12.1. The molecule has 1 unspecified atom stereocenters. The fourth-order valence-corrected chi connectivity index (χ4v) is 2.33. The summed E-state index contributed by atoms with van der Waals surface area (Å²) in [7, 11) is 0. The van der Waals surface area contributed by atoms with Crippen molar-refractivity contribution in [2.75, 3.05) is 26.3 Å². The number of carbonyl (C=O) groups is 1. The molecule has 1 aliphatic rings. The first kappa shape index (κ1) is 15.4. The summed E-state index contributed by atoms with van der Waals surface area (Å²) in [6.45, 7) is 11.4. The Hall–Kier alpha value is -0.610. The van der Waals surface area contributed by atoms with Gasteiger partial charge < -0.3 is 15.4 Å². The molecule has 1 fully saturated rings. The highest BCUT2D eigenvalue weighted by Crippen LogP contribution is 2.29. The number of ether oxygens (including phenoxy) is 1. The Morgan fingerprint density at radius 1 is 1.50 bits per heavy atom. The van der Waals surface area contributed by atoms with Gasteiger partial charge in [0.1, 0.15) is 0 Å². The van der Waals surface area contributed by atoms with Gasteiger partial charge in [-0.3, -0.25) is 4.79 Å². The van der Waals surface area contributed by atoms with E-state index in [0.717, 1.165) is 26.0 Å². The highest BCUT2D eigenvalue weighted by Gasteiger charge is 2.36. The molecule has 18 heavy (non-hydrogen) atoms. The molecule has 0 spiro atoms. The fraction of sp³-hybridized carbons (Fsp3) is 0.929. The molecule has 1 amide bonds. The van der Waals surface area contributed by atoms with Crippen LogP contribution in [0.25, 0.3) is 0 Å². The van der Waals surface area contributed by atoms with Crippen molar-refractivity contribution in [2.45, 2.75) is 46.6 Å². The van der Waals surface area contributed by atoms with Crippen LogP contribution in [0.1, 0.15) is 40.5 Å². The number of hydrogen-bond acceptors (Lipinski definition) is 3. The van der Waals surface area contributed by atoms with Gasteiger partial charge in [0.05, 0.1) is 12.6 Å². The summed E-state index contributed by atoms with van der Waals surface area (Å²) < 4.78 is 5.45. The smallest absolute Gasteiger partial charge is 0.237 e. The standard InChI is InChI=1S/C14H28N2O2/c1-11(2)10-18-9-8-16-13(17)12-14(3,4)6-5-7-15-12/h11-12,15H,5-10H2,1-4H3,(H,16,17). The van der Waals surface area contributed by atoms with E-state index in [2.05, 4.69) is 38.3 Å². The van der Waals surface area contributed by atoms with Crippen molar-refractivity contribution in [3.05, 3.63) is 0 Å². The topological polar surface area (TPSA) is 50.4 Å². The Bertz CT molecular complexity index is 265. The van der Waals surface area contributed by atoms with Crippen LogP contribution in [-0.4, -0.2) is 38.3 Å². The van der Waals surface area contributed by atoms with Gasteiger partial charge in [-0.1, -0.05) is 27.7 Å². The first-order valence-corrected chi connectivity index (χ1v) is 7.02. The third-order valence-corrected chi connectivity index (χ3v) is 3.39. The van der Waals surface area contributed by atoms with Crippen LogP contribution in [0.5, 0.6) is 0 Å². The summed E-state index contributed by atoms with van der Waals surface area (Å²) >= 11 is 0. The molecule has 0 aromatic carbocycles. The summed E-state index contributed by atoms with van der Waals surface area (Å²) in [5.41, 5.74) is 0.0428. The molecular weight excluding hydrogens is 228 g/mol. The van der Waals surface area contributed by atoms with E-state index in [1.807, 2.05) is 0 Å². The lowest BCUT2D eigenvalue weighted by Gasteiger charge is -2.38. The minimum absolute atomic E-state index is 0.0428. The van der Waals surface area contributed by atoms with Crippen molar-refractivity contribution in [1.82, 2.24) is 10.6 Å². The predicted molar refractivity (Wildman–Crippen MR) is 73.5 cm³/mol. The lowest BCUT2D eigenvalue weighted by atomic mass is 9.77. The van der Waals surface area contributed by atoms with Crippen molar-refractivity contribution in [3.63, 3.8) is 0 Å². The van der Waals surface area contributed by atoms with Gasteiger partial charge in [-0.2, -0.15) is 0 Å². The maximum absolute atomic E-state index is 12.1. The van der Waals surface area contributed by atoms with Crippen molar-refractivity contribution < 1.29 is 9.53 Å². The molecule has 0 aromatic rings. The van der Waals surface area contributed by atoms with Crippen LogP contribution in [-0.2, 0) is 9.53 Å². The van der Waals surface area contributed by atoms with Crippen LogP contribution in [0, 0.1) is 11.3 Å². The van der Waals surface area contributed by atoms with E-state index in [-0.39, 0.29) is 17.4 Å². The van der Waals surface area contributed by atoms with Crippen molar-refractivity contribution in [2.24, 2.45) is 11.3 Å². The normalized spacial score (nSPS) is 23.1. The maximum Gasteiger partial charge on any atom is 0.237 e. The first-order valence-electron chi connectivity index (χ1n) is 7.02. The zero-order valence-corrected chi connectivity index (χ0v) is 12.2. The third kappa shape index (κ3) is 4.94. The van der Waals surface area contributed by atoms with E-state index >= 15 is 0 Å². The van der Waals surface area contributed by atoms with E-state index < -0.39 is 0 Å². The average molecular weight is 256 g/mol. The lowest BCUT2D eigenvalue weighted by molar-refractivity contribution is -0.127. The number of amides is 1. The quantitative estimate of drug-likeness (QED) is 0.709. The van der Waals surface area contributed by atoms with Gasteiger partial charge in [0, 0.05) is 13.2 Å². The Labute approximate surface area is 111 Å². The second kappa shape index (κ2) is 7.10. The molecule has 1 atom stereocenters. The zero-order valence-electron chi connectivity index (χ0n) is 12.2.